The minimum Gasteiger partial charge on any atom is -0.379 e. The monoisotopic (exact) mass is 469 g/mol. The molecule has 1 N–H and O–H groups in total. The number of nitrogens with one attached hydrogen (secondary N) is 1. The molecule has 2 fully saturated rings. The first-order chi connectivity index (χ1) is 16.1. The number of morpholine rings is 1. The van der Waals surface area contributed by atoms with Gasteiger partial charge in [-0.05, 0) is 36.1 Å². The van der Waals surface area contributed by atoms with Crippen molar-refractivity contribution in [1.82, 2.24) is 15.1 Å². The van der Waals surface area contributed by atoms with Gasteiger partial charge in [-0.15, -0.1) is 0 Å². The number of ether oxygens (including phenoxy) is 1. The van der Waals surface area contributed by atoms with E-state index in [2.05, 4.69) is 10.2 Å². The van der Waals surface area contributed by atoms with Gasteiger partial charge in [-0.1, -0.05) is 54.1 Å². The first-order valence-corrected chi connectivity index (χ1v) is 12.1. The number of hydrogen-bond acceptors (Lipinski definition) is 4. The molecule has 2 heterocycles. The van der Waals surface area contributed by atoms with Gasteiger partial charge in [-0.25, -0.2) is 0 Å². The third-order valence-corrected chi connectivity index (χ3v) is 6.81. The smallest absolute Gasteiger partial charge is 0.227 e. The van der Waals surface area contributed by atoms with Crippen molar-refractivity contribution >= 4 is 23.4 Å². The van der Waals surface area contributed by atoms with Gasteiger partial charge in [0, 0.05) is 37.7 Å². The molecule has 6 nitrogen and oxygen atoms in total. The Hall–Kier alpha value is -2.41. The maximum absolute atomic E-state index is 13.1. The van der Waals surface area contributed by atoms with Gasteiger partial charge in [0.05, 0.1) is 31.6 Å². The first kappa shape index (κ1) is 23.7. The molecule has 2 aromatic carbocycles. The second kappa shape index (κ2) is 11.6. The van der Waals surface area contributed by atoms with Crippen LogP contribution in [0.15, 0.2) is 54.6 Å². The summed E-state index contributed by atoms with van der Waals surface area (Å²) < 4.78 is 5.51. The van der Waals surface area contributed by atoms with Crippen LogP contribution in [-0.4, -0.2) is 67.6 Å². The lowest BCUT2D eigenvalue weighted by Gasteiger charge is -2.36. The molecule has 176 valence electrons. The van der Waals surface area contributed by atoms with Gasteiger partial charge in [-0.2, -0.15) is 0 Å². The predicted molar refractivity (Wildman–Crippen MR) is 129 cm³/mol. The van der Waals surface area contributed by atoms with Crippen molar-refractivity contribution in [1.29, 1.82) is 0 Å². The van der Waals surface area contributed by atoms with Gasteiger partial charge < -0.3 is 15.0 Å². The molecule has 2 unspecified atom stereocenters. The molecule has 0 spiro atoms. The van der Waals surface area contributed by atoms with Crippen LogP contribution in [0.5, 0.6) is 0 Å². The number of hydrogen-bond donors (Lipinski definition) is 1. The van der Waals surface area contributed by atoms with E-state index in [1.807, 2.05) is 59.5 Å². The van der Waals surface area contributed by atoms with Crippen LogP contribution >= 0.6 is 11.6 Å². The molecule has 2 aliphatic heterocycles. The van der Waals surface area contributed by atoms with Crippen LogP contribution in [0.25, 0.3) is 0 Å². The van der Waals surface area contributed by atoms with E-state index in [4.69, 9.17) is 16.3 Å². The highest BCUT2D eigenvalue weighted by Crippen LogP contribution is 2.24. The molecule has 7 heteroatoms. The highest BCUT2D eigenvalue weighted by Gasteiger charge is 2.30. The Kier molecular flexibility index (Phi) is 8.37. The third-order valence-electron chi connectivity index (χ3n) is 6.55. The molecule has 33 heavy (non-hydrogen) atoms. The summed E-state index contributed by atoms with van der Waals surface area (Å²) in [4.78, 5) is 30.1. The van der Waals surface area contributed by atoms with Gasteiger partial charge in [0.2, 0.25) is 11.8 Å². The van der Waals surface area contributed by atoms with E-state index < -0.39 is 0 Å². The Morgan fingerprint density at radius 1 is 1.03 bits per heavy atom. The predicted octanol–water partition coefficient (Wildman–Crippen LogP) is 3.31. The molecule has 2 aromatic rings. The van der Waals surface area contributed by atoms with Crippen molar-refractivity contribution in [2.75, 3.05) is 45.9 Å². The highest BCUT2D eigenvalue weighted by molar-refractivity contribution is 6.30. The number of carbonyl (C=O) groups excluding carboxylic acids is 2. The molecule has 0 aliphatic carbocycles. The van der Waals surface area contributed by atoms with Crippen molar-refractivity contribution in [3.8, 4) is 0 Å². The van der Waals surface area contributed by atoms with E-state index in [-0.39, 0.29) is 23.8 Å². The second-order valence-electron chi connectivity index (χ2n) is 8.80. The number of likely N-dealkylation sites (tertiary alicyclic amines) is 1. The molecule has 2 amide bonds. The van der Waals surface area contributed by atoms with Gasteiger partial charge in [-0.3, -0.25) is 14.5 Å². The fraction of sp³-hybridized carbons (Fsp3) is 0.462. The largest absolute Gasteiger partial charge is 0.379 e. The maximum atomic E-state index is 13.1. The number of amides is 2. The highest BCUT2D eigenvalue weighted by atomic mass is 35.5. The van der Waals surface area contributed by atoms with E-state index in [0.717, 1.165) is 43.6 Å². The lowest BCUT2D eigenvalue weighted by molar-refractivity contribution is -0.135. The van der Waals surface area contributed by atoms with E-state index in [9.17, 15) is 9.59 Å². The zero-order valence-corrected chi connectivity index (χ0v) is 19.7. The zero-order valence-electron chi connectivity index (χ0n) is 18.9. The molecule has 0 saturated carbocycles. The number of benzene rings is 2. The van der Waals surface area contributed by atoms with E-state index in [0.29, 0.717) is 37.7 Å². The average Bonchev–Trinajstić information content (AvgIpc) is 2.86. The molecule has 2 saturated heterocycles. The molecule has 2 atom stereocenters. The Bertz CT molecular complexity index is 916. The van der Waals surface area contributed by atoms with Crippen molar-refractivity contribution in [2.45, 2.75) is 25.3 Å². The van der Waals surface area contributed by atoms with Gasteiger partial charge in [0.1, 0.15) is 0 Å². The summed E-state index contributed by atoms with van der Waals surface area (Å²) in [6, 6.07) is 17.7. The summed E-state index contributed by atoms with van der Waals surface area (Å²) in [6.45, 7) is 4.77. The summed E-state index contributed by atoms with van der Waals surface area (Å²) in [7, 11) is 0. The van der Waals surface area contributed by atoms with Crippen molar-refractivity contribution in [3.63, 3.8) is 0 Å². The topological polar surface area (TPSA) is 61.9 Å². The Labute approximate surface area is 200 Å². The number of halogens is 1. The minimum atomic E-state index is -0.172. The number of carbonyl (C=O) groups is 2. The maximum Gasteiger partial charge on any atom is 0.227 e. The van der Waals surface area contributed by atoms with Crippen molar-refractivity contribution < 1.29 is 14.3 Å². The lowest BCUT2D eigenvalue weighted by Crippen LogP contribution is -2.48. The van der Waals surface area contributed by atoms with Gasteiger partial charge >= 0.3 is 0 Å². The Morgan fingerprint density at radius 2 is 1.76 bits per heavy atom. The standard InChI is InChI=1S/C26H32ClN3O3/c27-23-10-8-21(9-11-23)24(29-13-15-33-16-14-29)18-28-26(32)22-7-4-12-30(19-22)25(31)17-20-5-2-1-3-6-20/h1-3,5-6,8-11,22,24H,4,7,12-19H2,(H,28,32). The van der Waals surface area contributed by atoms with E-state index in [1.54, 1.807) is 0 Å². The summed E-state index contributed by atoms with van der Waals surface area (Å²) >= 11 is 6.09. The average molecular weight is 470 g/mol. The fourth-order valence-corrected chi connectivity index (χ4v) is 4.80. The molecular weight excluding hydrogens is 438 g/mol. The molecular formula is C26H32ClN3O3. The van der Waals surface area contributed by atoms with E-state index >= 15 is 0 Å². The van der Waals surface area contributed by atoms with Gasteiger partial charge in [0.25, 0.3) is 0 Å². The lowest BCUT2D eigenvalue weighted by atomic mass is 9.96. The number of nitrogens with zero attached hydrogens (tertiary/aromatic N) is 2. The minimum absolute atomic E-state index is 0.0273. The SMILES string of the molecule is O=C(NCC(c1ccc(Cl)cc1)N1CCOCC1)C1CCCN(C(=O)Cc2ccccc2)C1. The zero-order chi connectivity index (χ0) is 23.0. The third kappa shape index (κ3) is 6.56. The van der Waals surface area contributed by atoms with Crippen LogP contribution in [-0.2, 0) is 20.7 Å². The Morgan fingerprint density at radius 3 is 2.48 bits per heavy atom. The number of piperidine rings is 1. The summed E-state index contributed by atoms with van der Waals surface area (Å²) in [5.41, 5.74) is 2.13. The van der Waals surface area contributed by atoms with Crippen molar-refractivity contribution in [2.24, 2.45) is 5.92 Å². The van der Waals surface area contributed by atoms with E-state index in [1.165, 1.54) is 0 Å². The summed E-state index contributed by atoms with van der Waals surface area (Å²) in [5.74, 6) is -0.0560. The molecule has 4 rings (SSSR count). The first-order valence-electron chi connectivity index (χ1n) is 11.8. The Balaban J connectivity index is 1.35. The van der Waals surface area contributed by atoms with Crippen LogP contribution < -0.4 is 5.32 Å². The summed E-state index contributed by atoms with van der Waals surface area (Å²) in [6.07, 6.45) is 2.04. The molecule has 2 aliphatic rings. The quantitative estimate of drug-likeness (QED) is 0.675. The van der Waals surface area contributed by atoms with Gasteiger partial charge in [0.15, 0.2) is 0 Å². The second-order valence-corrected chi connectivity index (χ2v) is 9.24. The van der Waals surface area contributed by atoms with Crippen LogP contribution in [0.2, 0.25) is 5.02 Å². The molecule has 0 radical (unpaired) electrons. The van der Waals surface area contributed by atoms with Crippen molar-refractivity contribution in [3.05, 3.63) is 70.7 Å². The molecule has 0 aromatic heterocycles. The van der Waals surface area contributed by atoms with Crippen LogP contribution in [0.1, 0.15) is 30.0 Å². The normalized spacial score (nSPS) is 20.3. The fourth-order valence-electron chi connectivity index (χ4n) is 4.67. The van der Waals surface area contributed by atoms with Crippen LogP contribution in [0, 0.1) is 5.92 Å². The number of rotatable bonds is 7. The van der Waals surface area contributed by atoms with Crippen LogP contribution in [0.3, 0.4) is 0 Å². The van der Waals surface area contributed by atoms with Crippen LogP contribution in [0.4, 0.5) is 0 Å². The molecule has 0 bridgehead atoms. The summed E-state index contributed by atoms with van der Waals surface area (Å²) in [5, 5.41) is 3.88.